The van der Waals surface area contributed by atoms with Crippen molar-refractivity contribution in [1.29, 1.82) is 0 Å². The van der Waals surface area contributed by atoms with Crippen LogP contribution in [-0.4, -0.2) is 25.8 Å². The van der Waals surface area contributed by atoms with Crippen LogP contribution in [0.5, 0.6) is 5.75 Å². The molecule has 0 saturated heterocycles. The summed E-state index contributed by atoms with van der Waals surface area (Å²) in [5.74, 6) is 0.364. The van der Waals surface area contributed by atoms with Gasteiger partial charge in [0.2, 0.25) is 0 Å². The molecule has 158 valence electrons. The Morgan fingerprint density at radius 3 is 2.43 bits per heavy atom. The SMILES string of the molecule is CN1/C(=C/C=N/NC(=O)COc2ccc(C(C)(C)C)cc2)C(C)(C)c2ccccc21. The molecule has 30 heavy (non-hydrogen) atoms. The Labute approximate surface area is 179 Å². The number of hydrazone groups is 1. The Morgan fingerprint density at radius 2 is 1.80 bits per heavy atom. The van der Waals surface area contributed by atoms with Crippen LogP contribution in [0.1, 0.15) is 45.7 Å². The Hall–Kier alpha value is -3.08. The van der Waals surface area contributed by atoms with Gasteiger partial charge in [-0.05, 0) is 40.8 Å². The van der Waals surface area contributed by atoms with Crippen molar-refractivity contribution < 1.29 is 9.53 Å². The van der Waals surface area contributed by atoms with Gasteiger partial charge >= 0.3 is 0 Å². The minimum Gasteiger partial charge on any atom is -0.484 e. The number of nitrogens with zero attached hydrogens (tertiary/aromatic N) is 2. The molecule has 0 spiro atoms. The highest BCUT2D eigenvalue weighted by Gasteiger charge is 2.37. The van der Waals surface area contributed by atoms with E-state index in [1.54, 1.807) is 6.21 Å². The van der Waals surface area contributed by atoms with E-state index >= 15 is 0 Å². The van der Waals surface area contributed by atoms with Crippen LogP contribution >= 0.6 is 0 Å². The lowest BCUT2D eigenvalue weighted by atomic mass is 9.84. The number of anilines is 1. The number of carbonyl (C=O) groups excluding carboxylic acids is 1. The summed E-state index contributed by atoms with van der Waals surface area (Å²) < 4.78 is 5.55. The Balaban J connectivity index is 1.54. The van der Waals surface area contributed by atoms with E-state index in [2.05, 4.69) is 68.2 Å². The third-order valence-electron chi connectivity index (χ3n) is 5.53. The molecule has 1 N–H and O–H groups in total. The van der Waals surface area contributed by atoms with Gasteiger partial charge in [-0.25, -0.2) is 5.43 Å². The van der Waals surface area contributed by atoms with E-state index in [9.17, 15) is 4.79 Å². The number of fused-ring (bicyclic) bond motifs is 1. The van der Waals surface area contributed by atoms with Crippen LogP contribution in [0.3, 0.4) is 0 Å². The van der Waals surface area contributed by atoms with Crippen LogP contribution in [0.4, 0.5) is 5.69 Å². The second kappa shape index (κ2) is 8.34. The average molecular weight is 406 g/mol. The van der Waals surface area contributed by atoms with Crippen LogP contribution in [0.15, 0.2) is 65.4 Å². The van der Waals surface area contributed by atoms with Crippen molar-refractivity contribution in [3.8, 4) is 5.75 Å². The summed E-state index contributed by atoms with van der Waals surface area (Å²) in [5.41, 5.74) is 7.30. The smallest absolute Gasteiger partial charge is 0.277 e. The van der Waals surface area contributed by atoms with Crippen LogP contribution in [0, 0.1) is 0 Å². The topological polar surface area (TPSA) is 53.9 Å². The molecular formula is C25H31N3O2. The number of para-hydroxylation sites is 1. The second-order valence-corrected chi connectivity index (χ2v) is 9.13. The number of ether oxygens (including phenoxy) is 1. The van der Waals surface area contributed by atoms with E-state index in [4.69, 9.17) is 4.74 Å². The first-order valence-corrected chi connectivity index (χ1v) is 10.2. The van der Waals surface area contributed by atoms with Crippen LogP contribution in [0.25, 0.3) is 0 Å². The van der Waals surface area contributed by atoms with Crippen molar-refractivity contribution >= 4 is 17.8 Å². The van der Waals surface area contributed by atoms with E-state index in [0.29, 0.717) is 5.75 Å². The molecule has 0 bridgehead atoms. The maximum absolute atomic E-state index is 12.0. The summed E-state index contributed by atoms with van der Waals surface area (Å²) in [5, 5.41) is 4.05. The number of rotatable bonds is 5. The van der Waals surface area contributed by atoms with Gasteiger partial charge in [0.05, 0.1) is 0 Å². The molecule has 1 aliphatic heterocycles. The molecule has 0 aliphatic carbocycles. The molecule has 0 unspecified atom stereocenters. The predicted octanol–water partition coefficient (Wildman–Crippen LogP) is 4.78. The maximum atomic E-state index is 12.0. The number of benzene rings is 2. The van der Waals surface area contributed by atoms with Crippen molar-refractivity contribution in [1.82, 2.24) is 5.43 Å². The quantitative estimate of drug-likeness (QED) is 0.575. The Kier molecular flexibility index (Phi) is 6.01. The maximum Gasteiger partial charge on any atom is 0.277 e. The van der Waals surface area contributed by atoms with Crippen LogP contribution in [0.2, 0.25) is 0 Å². The Bertz CT molecular complexity index is 967. The Morgan fingerprint density at radius 1 is 1.13 bits per heavy atom. The number of carbonyl (C=O) groups is 1. The van der Waals surface area contributed by atoms with Gasteiger partial charge in [-0.15, -0.1) is 0 Å². The van der Waals surface area contributed by atoms with Gasteiger partial charge in [0.15, 0.2) is 6.61 Å². The van der Waals surface area contributed by atoms with Gasteiger partial charge in [-0.3, -0.25) is 4.79 Å². The van der Waals surface area contributed by atoms with E-state index in [1.165, 1.54) is 16.8 Å². The highest BCUT2D eigenvalue weighted by Crippen LogP contribution is 2.46. The fraction of sp³-hybridized carbons (Fsp3) is 0.360. The third kappa shape index (κ3) is 4.56. The molecular weight excluding hydrogens is 374 g/mol. The fourth-order valence-electron chi connectivity index (χ4n) is 3.75. The van der Waals surface area contributed by atoms with Gasteiger partial charge in [-0.2, -0.15) is 5.10 Å². The molecule has 0 atom stereocenters. The van der Waals surface area contributed by atoms with Crippen LogP contribution < -0.4 is 15.1 Å². The molecule has 5 nitrogen and oxygen atoms in total. The standard InChI is InChI=1S/C25H31N3O2/c1-24(2,3)18-11-13-19(14-12-18)30-17-23(29)27-26-16-15-22-25(4,5)20-9-7-8-10-21(20)28(22)6/h7-16H,17H2,1-6H3,(H,27,29)/b22-15+,26-16+. The molecule has 5 heteroatoms. The number of hydrogen-bond acceptors (Lipinski definition) is 4. The van der Waals surface area contributed by atoms with Crippen molar-refractivity contribution in [2.45, 2.75) is 45.4 Å². The fourth-order valence-corrected chi connectivity index (χ4v) is 3.75. The molecule has 0 aromatic heterocycles. The highest BCUT2D eigenvalue weighted by molar-refractivity contribution is 5.82. The van der Waals surface area contributed by atoms with Crippen molar-refractivity contribution in [3.05, 3.63) is 71.4 Å². The molecule has 2 aromatic carbocycles. The molecule has 1 heterocycles. The lowest BCUT2D eigenvalue weighted by molar-refractivity contribution is -0.123. The molecule has 0 saturated carbocycles. The van der Waals surface area contributed by atoms with Gasteiger partial charge in [0.1, 0.15) is 5.75 Å². The van der Waals surface area contributed by atoms with Crippen molar-refractivity contribution in [2.75, 3.05) is 18.6 Å². The predicted molar refractivity (Wildman–Crippen MR) is 123 cm³/mol. The molecule has 1 amide bonds. The summed E-state index contributed by atoms with van der Waals surface area (Å²) in [6.07, 6.45) is 3.56. The van der Waals surface area contributed by atoms with E-state index in [-0.39, 0.29) is 23.3 Å². The summed E-state index contributed by atoms with van der Waals surface area (Å²) in [6, 6.07) is 16.2. The van der Waals surface area contributed by atoms with E-state index < -0.39 is 0 Å². The summed E-state index contributed by atoms with van der Waals surface area (Å²) in [4.78, 5) is 14.2. The molecule has 3 rings (SSSR count). The number of hydrogen-bond donors (Lipinski definition) is 1. The number of amides is 1. The molecule has 1 aliphatic rings. The lowest BCUT2D eigenvalue weighted by Gasteiger charge is -2.23. The number of nitrogens with one attached hydrogen (secondary N) is 1. The van der Waals surface area contributed by atoms with Crippen molar-refractivity contribution in [3.63, 3.8) is 0 Å². The molecule has 2 aromatic rings. The van der Waals surface area contributed by atoms with Crippen molar-refractivity contribution in [2.24, 2.45) is 5.10 Å². The minimum atomic E-state index is -0.299. The van der Waals surface area contributed by atoms with Gasteiger partial charge in [0, 0.05) is 30.1 Å². The first-order valence-electron chi connectivity index (χ1n) is 10.2. The third-order valence-corrected chi connectivity index (χ3v) is 5.53. The molecule has 0 fully saturated rings. The minimum absolute atomic E-state index is 0.0837. The average Bonchev–Trinajstić information content (AvgIpc) is 2.90. The van der Waals surface area contributed by atoms with Gasteiger partial charge < -0.3 is 9.64 Å². The van der Waals surface area contributed by atoms with Gasteiger partial charge in [-0.1, -0.05) is 65.0 Å². The number of allylic oxidation sites excluding steroid dienone is 2. The summed E-state index contributed by atoms with van der Waals surface area (Å²) >= 11 is 0. The largest absolute Gasteiger partial charge is 0.484 e. The first kappa shape index (κ1) is 21.6. The monoisotopic (exact) mass is 405 g/mol. The summed E-state index contributed by atoms with van der Waals surface area (Å²) in [6.45, 7) is 10.8. The van der Waals surface area contributed by atoms with Gasteiger partial charge in [0.25, 0.3) is 5.91 Å². The number of likely N-dealkylation sites (N-methyl/N-ethyl adjacent to an activating group) is 1. The normalized spacial score (nSPS) is 16.7. The zero-order valence-electron chi connectivity index (χ0n) is 18.7. The van der Waals surface area contributed by atoms with E-state index in [1.807, 2.05) is 43.5 Å². The van der Waals surface area contributed by atoms with E-state index in [0.717, 1.165) is 5.70 Å². The highest BCUT2D eigenvalue weighted by atomic mass is 16.5. The zero-order valence-corrected chi connectivity index (χ0v) is 18.7. The lowest BCUT2D eigenvalue weighted by Crippen LogP contribution is -2.25. The zero-order chi connectivity index (χ0) is 21.9. The summed E-state index contributed by atoms with van der Waals surface area (Å²) in [7, 11) is 2.05. The second-order valence-electron chi connectivity index (χ2n) is 9.13. The molecule has 0 radical (unpaired) electrons. The first-order chi connectivity index (χ1) is 14.1. The van der Waals surface area contributed by atoms with Crippen LogP contribution in [-0.2, 0) is 15.6 Å².